The number of aromatic nitrogens is 3. The Kier molecular flexibility index (Phi) is 5.50. The van der Waals surface area contributed by atoms with Gasteiger partial charge in [-0.15, -0.1) is 0 Å². The van der Waals surface area contributed by atoms with E-state index in [1.807, 2.05) is 24.3 Å². The van der Waals surface area contributed by atoms with Crippen LogP contribution >= 0.6 is 0 Å². The fraction of sp³-hybridized carbons (Fsp3) is 0.381. The van der Waals surface area contributed by atoms with Gasteiger partial charge in [-0.3, -0.25) is 4.98 Å². The van der Waals surface area contributed by atoms with Crippen molar-refractivity contribution in [1.82, 2.24) is 15.0 Å². The van der Waals surface area contributed by atoms with Crippen LogP contribution in [0.25, 0.3) is 11.0 Å². The van der Waals surface area contributed by atoms with Gasteiger partial charge in [0.25, 0.3) is 5.88 Å². The minimum absolute atomic E-state index is 0.124. The number of nitrogen functional groups attached to an aromatic ring is 1. The molecular formula is C21H25N5O3. The minimum atomic E-state index is 0.124. The van der Waals surface area contributed by atoms with Crippen molar-refractivity contribution in [3.05, 3.63) is 36.7 Å². The van der Waals surface area contributed by atoms with Crippen LogP contribution in [-0.2, 0) is 0 Å². The van der Waals surface area contributed by atoms with Crippen molar-refractivity contribution in [3.63, 3.8) is 0 Å². The summed E-state index contributed by atoms with van der Waals surface area (Å²) in [5, 5.41) is 3.49. The maximum Gasteiger partial charge on any atom is 0.258 e. The Morgan fingerprint density at radius 1 is 0.966 bits per heavy atom. The lowest BCUT2D eigenvalue weighted by molar-refractivity contribution is 0.152. The number of benzene rings is 1. The molecule has 2 heterocycles. The highest BCUT2D eigenvalue weighted by Crippen LogP contribution is 2.31. The van der Waals surface area contributed by atoms with Crippen LogP contribution in [0.5, 0.6) is 17.4 Å². The summed E-state index contributed by atoms with van der Waals surface area (Å²) < 4.78 is 16.8. The molecule has 3 aromatic rings. The molecule has 8 nitrogen and oxygen atoms in total. The summed E-state index contributed by atoms with van der Waals surface area (Å²) in [7, 11) is 3.19. The second-order valence-corrected chi connectivity index (χ2v) is 7.09. The second kappa shape index (κ2) is 8.38. The number of methoxy groups -OCH3 is 2. The fourth-order valence-electron chi connectivity index (χ4n) is 3.68. The van der Waals surface area contributed by atoms with Crippen LogP contribution in [0.1, 0.15) is 25.7 Å². The summed E-state index contributed by atoms with van der Waals surface area (Å²) in [4.78, 5) is 13.2. The Hall–Kier alpha value is -3.29. The quantitative estimate of drug-likeness (QED) is 0.612. The van der Waals surface area contributed by atoms with Crippen molar-refractivity contribution >= 4 is 22.5 Å². The first kappa shape index (κ1) is 19.0. The first-order chi connectivity index (χ1) is 14.2. The molecule has 3 N–H and O–H groups in total. The number of nitrogens with one attached hydrogen (secondary N) is 1. The van der Waals surface area contributed by atoms with Gasteiger partial charge >= 0.3 is 0 Å². The highest BCUT2D eigenvalue weighted by atomic mass is 16.5. The highest BCUT2D eigenvalue weighted by Gasteiger charge is 2.24. The molecule has 8 heteroatoms. The second-order valence-electron chi connectivity index (χ2n) is 7.09. The molecule has 0 saturated heterocycles. The summed E-state index contributed by atoms with van der Waals surface area (Å²) in [6, 6.07) is 7.73. The van der Waals surface area contributed by atoms with E-state index in [0.29, 0.717) is 29.1 Å². The molecule has 1 aromatic carbocycles. The first-order valence-electron chi connectivity index (χ1n) is 9.68. The zero-order valence-corrected chi connectivity index (χ0v) is 16.6. The largest absolute Gasteiger partial charge is 0.491 e. The summed E-state index contributed by atoms with van der Waals surface area (Å²) in [5.41, 5.74) is 8.12. The van der Waals surface area contributed by atoms with E-state index in [2.05, 4.69) is 20.3 Å². The molecule has 0 bridgehead atoms. The normalized spacial score (nSPS) is 19.0. The van der Waals surface area contributed by atoms with Crippen LogP contribution in [0.15, 0.2) is 36.7 Å². The molecule has 0 atom stereocenters. The molecule has 29 heavy (non-hydrogen) atoms. The van der Waals surface area contributed by atoms with Crippen LogP contribution in [0, 0.1) is 0 Å². The third-order valence-electron chi connectivity index (χ3n) is 5.12. The van der Waals surface area contributed by atoms with E-state index in [9.17, 15) is 0 Å². The maximum atomic E-state index is 6.25. The maximum absolute atomic E-state index is 6.25. The van der Waals surface area contributed by atoms with Crippen molar-refractivity contribution in [1.29, 1.82) is 0 Å². The average Bonchev–Trinajstić information content (AvgIpc) is 2.75. The van der Waals surface area contributed by atoms with E-state index in [1.54, 1.807) is 26.6 Å². The standard InChI is InChI=1S/C21H25N5O3/c1-27-17-7-8-19(26-21(17)28-2)25-14-3-5-15(6-4-14)29-18-12-13(22)11-16-20(18)24-10-9-23-16/h7-12,14-15H,3-6,22H2,1-2H3,(H,25,26). The lowest BCUT2D eigenvalue weighted by atomic mass is 9.93. The molecule has 4 rings (SSSR count). The lowest BCUT2D eigenvalue weighted by Gasteiger charge is -2.30. The number of pyridine rings is 1. The molecule has 0 spiro atoms. The summed E-state index contributed by atoms with van der Waals surface area (Å²) >= 11 is 0. The molecular weight excluding hydrogens is 370 g/mol. The first-order valence-corrected chi connectivity index (χ1v) is 9.68. The Bertz CT molecular complexity index is 989. The Morgan fingerprint density at radius 3 is 2.52 bits per heavy atom. The predicted octanol–water partition coefficient (Wildman–Crippen LogP) is 3.43. The van der Waals surface area contributed by atoms with Crippen molar-refractivity contribution in [2.45, 2.75) is 37.8 Å². The van der Waals surface area contributed by atoms with Gasteiger partial charge in [0.2, 0.25) is 0 Å². The number of nitrogens with zero attached hydrogens (tertiary/aromatic N) is 3. The lowest BCUT2D eigenvalue weighted by Crippen LogP contribution is -2.31. The van der Waals surface area contributed by atoms with Crippen molar-refractivity contribution in [3.8, 4) is 17.4 Å². The fourth-order valence-corrected chi connectivity index (χ4v) is 3.68. The number of rotatable bonds is 6. The van der Waals surface area contributed by atoms with Crippen LogP contribution in [0.4, 0.5) is 11.5 Å². The number of nitrogens with two attached hydrogens (primary N) is 1. The van der Waals surface area contributed by atoms with E-state index in [1.165, 1.54) is 0 Å². The van der Waals surface area contributed by atoms with Crippen LogP contribution in [0.3, 0.4) is 0 Å². The van der Waals surface area contributed by atoms with Crippen molar-refractivity contribution < 1.29 is 14.2 Å². The summed E-state index contributed by atoms with van der Waals surface area (Å²) in [5.74, 6) is 2.58. The van der Waals surface area contributed by atoms with E-state index in [-0.39, 0.29) is 6.10 Å². The van der Waals surface area contributed by atoms with Crippen LogP contribution < -0.4 is 25.3 Å². The van der Waals surface area contributed by atoms with Crippen molar-refractivity contribution in [2.75, 3.05) is 25.3 Å². The Morgan fingerprint density at radius 2 is 1.76 bits per heavy atom. The van der Waals surface area contributed by atoms with Crippen LogP contribution in [-0.4, -0.2) is 41.3 Å². The third-order valence-corrected chi connectivity index (χ3v) is 5.12. The van der Waals surface area contributed by atoms with E-state index < -0.39 is 0 Å². The molecule has 2 aromatic heterocycles. The number of fused-ring (bicyclic) bond motifs is 1. The van der Waals surface area contributed by atoms with Gasteiger partial charge < -0.3 is 25.3 Å². The molecule has 0 aliphatic heterocycles. The smallest absolute Gasteiger partial charge is 0.258 e. The van der Waals surface area contributed by atoms with Gasteiger partial charge in [0.1, 0.15) is 17.1 Å². The van der Waals surface area contributed by atoms with Crippen molar-refractivity contribution in [2.24, 2.45) is 0 Å². The SMILES string of the molecule is COc1ccc(NC2CCC(Oc3cc(N)cc4nccnc34)CC2)nc1OC. The molecule has 1 saturated carbocycles. The monoisotopic (exact) mass is 395 g/mol. The van der Waals surface area contributed by atoms with E-state index >= 15 is 0 Å². The Labute approximate surface area is 169 Å². The van der Waals surface area contributed by atoms with Gasteiger partial charge in [-0.2, -0.15) is 4.98 Å². The summed E-state index contributed by atoms with van der Waals surface area (Å²) in [6.07, 6.45) is 7.27. The summed E-state index contributed by atoms with van der Waals surface area (Å²) in [6.45, 7) is 0. The van der Waals surface area contributed by atoms with E-state index in [0.717, 1.165) is 42.5 Å². The molecule has 0 unspecified atom stereocenters. The van der Waals surface area contributed by atoms with Gasteiger partial charge in [-0.25, -0.2) is 4.98 Å². The number of hydrogen-bond donors (Lipinski definition) is 2. The third kappa shape index (κ3) is 4.26. The zero-order valence-electron chi connectivity index (χ0n) is 16.6. The number of anilines is 2. The topological polar surface area (TPSA) is 104 Å². The zero-order chi connectivity index (χ0) is 20.2. The molecule has 0 amide bonds. The van der Waals surface area contributed by atoms with Gasteiger partial charge in [-0.05, 0) is 43.9 Å². The number of ether oxygens (including phenoxy) is 3. The number of hydrogen-bond acceptors (Lipinski definition) is 8. The predicted molar refractivity (Wildman–Crippen MR) is 112 cm³/mol. The molecule has 152 valence electrons. The van der Waals surface area contributed by atoms with Gasteiger partial charge in [0.15, 0.2) is 5.75 Å². The van der Waals surface area contributed by atoms with Crippen LogP contribution in [0.2, 0.25) is 0 Å². The highest BCUT2D eigenvalue weighted by molar-refractivity contribution is 5.84. The van der Waals surface area contributed by atoms with Gasteiger partial charge in [0, 0.05) is 30.2 Å². The molecule has 1 fully saturated rings. The minimum Gasteiger partial charge on any atom is -0.491 e. The Balaban J connectivity index is 1.38. The molecule has 1 aliphatic rings. The average molecular weight is 395 g/mol. The van der Waals surface area contributed by atoms with Gasteiger partial charge in [-0.1, -0.05) is 0 Å². The van der Waals surface area contributed by atoms with E-state index in [4.69, 9.17) is 19.9 Å². The van der Waals surface area contributed by atoms with Gasteiger partial charge in [0.05, 0.1) is 25.8 Å². The molecule has 0 radical (unpaired) electrons. The molecule has 1 aliphatic carbocycles.